The number of rotatable bonds is 6. The lowest BCUT2D eigenvalue weighted by molar-refractivity contribution is -0.147. The normalized spacial score (nSPS) is 21.3. The monoisotopic (exact) mass is 526 g/mol. The highest BCUT2D eigenvalue weighted by Crippen LogP contribution is 2.44. The molecule has 2 aliphatic rings. The number of ketones is 1. The Kier molecular flexibility index (Phi) is 6.36. The molecule has 2 fully saturated rings. The summed E-state index contributed by atoms with van der Waals surface area (Å²) in [7, 11) is 0. The van der Waals surface area contributed by atoms with Gasteiger partial charge in [-0.1, -0.05) is 36.4 Å². The van der Waals surface area contributed by atoms with Crippen molar-refractivity contribution in [1.29, 1.82) is 0 Å². The van der Waals surface area contributed by atoms with Gasteiger partial charge in [0, 0.05) is 40.9 Å². The number of nitrogen functional groups attached to an aromatic ring is 1. The van der Waals surface area contributed by atoms with E-state index in [0.29, 0.717) is 29.7 Å². The maximum absolute atomic E-state index is 12.8. The minimum Gasteiger partial charge on any atom is -0.393 e. The van der Waals surface area contributed by atoms with Gasteiger partial charge in [-0.05, 0) is 38.7 Å². The number of fused-ring (bicyclic) bond motifs is 3. The summed E-state index contributed by atoms with van der Waals surface area (Å²) in [4.78, 5) is 36.9. The molecule has 200 valence electrons. The van der Waals surface area contributed by atoms with E-state index in [9.17, 15) is 19.8 Å². The molecule has 10 heteroatoms. The fourth-order valence-corrected chi connectivity index (χ4v) is 6.24. The second kappa shape index (κ2) is 9.87. The first kappa shape index (κ1) is 25.1. The van der Waals surface area contributed by atoms with Crippen LogP contribution in [0.1, 0.15) is 54.6 Å². The van der Waals surface area contributed by atoms with Crippen LogP contribution in [0.4, 0.5) is 5.82 Å². The minimum absolute atomic E-state index is 0.0923. The molecule has 4 N–H and O–H groups in total. The molecule has 4 aromatic rings. The van der Waals surface area contributed by atoms with E-state index >= 15 is 0 Å². The van der Waals surface area contributed by atoms with Gasteiger partial charge in [-0.15, -0.1) is 0 Å². The summed E-state index contributed by atoms with van der Waals surface area (Å²) < 4.78 is 1.51. The molecule has 10 nitrogen and oxygen atoms in total. The average Bonchev–Trinajstić information content (AvgIpc) is 3.50. The Hall–Kier alpha value is -4.15. The van der Waals surface area contributed by atoms with Crippen molar-refractivity contribution in [2.75, 3.05) is 12.3 Å². The zero-order chi connectivity index (χ0) is 27.3. The number of hydrogen-bond donors (Lipinski definition) is 3. The molecular weight excluding hydrogens is 496 g/mol. The molecule has 1 aromatic carbocycles. The quantitative estimate of drug-likeness (QED) is 0.325. The molecule has 0 aliphatic carbocycles. The second-order valence-corrected chi connectivity index (χ2v) is 10.4. The van der Waals surface area contributed by atoms with Crippen LogP contribution < -0.4 is 5.73 Å². The molecule has 39 heavy (non-hydrogen) atoms. The summed E-state index contributed by atoms with van der Waals surface area (Å²) in [5.74, 6) is -0.485. The fourth-order valence-electron chi connectivity index (χ4n) is 6.24. The van der Waals surface area contributed by atoms with Gasteiger partial charge in [0.2, 0.25) is 0 Å². The third-order valence-electron chi connectivity index (χ3n) is 8.04. The van der Waals surface area contributed by atoms with Gasteiger partial charge in [0.15, 0.2) is 17.5 Å². The molecule has 3 aromatic heterocycles. The summed E-state index contributed by atoms with van der Waals surface area (Å²) in [6.45, 7) is 0.872. The molecule has 0 saturated carbocycles. The third kappa shape index (κ3) is 4.25. The summed E-state index contributed by atoms with van der Waals surface area (Å²) in [5.41, 5.74) is 11.5. The lowest BCUT2D eigenvalue weighted by Gasteiger charge is -2.40. The molecule has 1 amide bonds. The van der Waals surface area contributed by atoms with Gasteiger partial charge >= 0.3 is 0 Å². The van der Waals surface area contributed by atoms with Gasteiger partial charge in [-0.2, -0.15) is 9.61 Å². The summed E-state index contributed by atoms with van der Waals surface area (Å²) in [6.07, 6.45) is 4.85. The largest absolute Gasteiger partial charge is 0.393 e. The van der Waals surface area contributed by atoms with Crippen molar-refractivity contribution in [3.05, 3.63) is 66.1 Å². The first-order chi connectivity index (χ1) is 18.9. The number of carbonyl (C=O) groups is 2. The van der Waals surface area contributed by atoms with Crippen molar-refractivity contribution in [1.82, 2.24) is 24.5 Å². The molecule has 2 aliphatic heterocycles. The number of aliphatic hydroxyl groups is 2. The van der Waals surface area contributed by atoms with Crippen LogP contribution in [0, 0.1) is 0 Å². The molecule has 6 rings (SSSR count). The van der Waals surface area contributed by atoms with Crippen LogP contribution in [0.2, 0.25) is 0 Å². The Morgan fingerprint density at radius 3 is 2.38 bits per heavy atom. The van der Waals surface area contributed by atoms with Crippen molar-refractivity contribution < 1.29 is 19.8 Å². The highest BCUT2D eigenvalue weighted by atomic mass is 16.3. The Morgan fingerprint density at radius 2 is 1.77 bits per heavy atom. The Bertz CT molecular complexity index is 1540. The van der Waals surface area contributed by atoms with E-state index in [1.165, 1.54) is 11.4 Å². The molecule has 2 unspecified atom stereocenters. The van der Waals surface area contributed by atoms with Crippen molar-refractivity contribution in [3.8, 4) is 22.4 Å². The van der Waals surface area contributed by atoms with Crippen LogP contribution in [0.15, 0.2) is 54.9 Å². The number of pyridine rings is 1. The summed E-state index contributed by atoms with van der Waals surface area (Å²) in [6, 6.07) is 13.6. The zero-order valence-electron chi connectivity index (χ0n) is 21.6. The highest BCUT2D eigenvalue weighted by molar-refractivity contribution is 6.00. The highest BCUT2D eigenvalue weighted by Gasteiger charge is 2.46. The summed E-state index contributed by atoms with van der Waals surface area (Å²) in [5, 5.41) is 23.7. The van der Waals surface area contributed by atoms with Crippen LogP contribution in [0.5, 0.6) is 0 Å². The maximum atomic E-state index is 12.8. The van der Waals surface area contributed by atoms with Crippen LogP contribution in [-0.4, -0.2) is 71.2 Å². The number of anilines is 1. The van der Waals surface area contributed by atoms with E-state index in [2.05, 4.69) is 10.1 Å². The number of nitrogens with zero attached hydrogens (tertiary/aromatic N) is 5. The van der Waals surface area contributed by atoms with Crippen molar-refractivity contribution in [3.63, 3.8) is 0 Å². The SMILES string of the molecule is CC(=O)c1c(C2CC3CC[C@@H](C2)N3C(=O)[C@H](O)CO)nc2c(-c3ccc(-c4ccccc4)nc3)cnn2c1N. The Balaban J connectivity index is 1.38. The van der Waals surface area contributed by atoms with E-state index in [0.717, 1.165) is 35.2 Å². The molecule has 5 heterocycles. The second-order valence-electron chi connectivity index (χ2n) is 10.4. The molecule has 0 spiro atoms. The number of amides is 1. The van der Waals surface area contributed by atoms with E-state index in [1.807, 2.05) is 42.5 Å². The lowest BCUT2D eigenvalue weighted by Crippen LogP contribution is -2.51. The van der Waals surface area contributed by atoms with Crippen LogP contribution in [0.3, 0.4) is 0 Å². The maximum Gasteiger partial charge on any atom is 0.254 e. The number of carbonyl (C=O) groups excluding carboxylic acids is 2. The van der Waals surface area contributed by atoms with E-state index in [4.69, 9.17) is 10.7 Å². The zero-order valence-corrected chi connectivity index (χ0v) is 21.6. The van der Waals surface area contributed by atoms with Crippen molar-refractivity contribution in [2.45, 2.75) is 56.7 Å². The van der Waals surface area contributed by atoms with Gasteiger partial charge in [0.05, 0.1) is 29.8 Å². The number of nitrogens with two attached hydrogens (primary N) is 1. The number of Topliss-reactive ketones (excluding diaryl/α,β-unsaturated/α-hetero) is 1. The van der Waals surface area contributed by atoms with Gasteiger partial charge in [-0.3, -0.25) is 14.6 Å². The van der Waals surface area contributed by atoms with Crippen LogP contribution in [0.25, 0.3) is 28.0 Å². The topological polar surface area (TPSA) is 147 Å². The minimum atomic E-state index is -1.42. The Morgan fingerprint density at radius 1 is 1.05 bits per heavy atom. The number of aliphatic hydroxyl groups excluding tert-OH is 2. The van der Waals surface area contributed by atoms with Crippen molar-refractivity contribution >= 4 is 23.2 Å². The summed E-state index contributed by atoms with van der Waals surface area (Å²) >= 11 is 0. The van der Waals surface area contributed by atoms with Gasteiger partial charge < -0.3 is 20.8 Å². The number of piperidine rings is 1. The van der Waals surface area contributed by atoms with Crippen LogP contribution >= 0.6 is 0 Å². The van der Waals surface area contributed by atoms with Crippen molar-refractivity contribution in [2.24, 2.45) is 0 Å². The van der Waals surface area contributed by atoms with E-state index in [-0.39, 0.29) is 29.6 Å². The van der Waals surface area contributed by atoms with Gasteiger partial charge in [0.25, 0.3) is 5.91 Å². The fraction of sp³-hybridized carbons (Fsp3) is 0.345. The lowest BCUT2D eigenvalue weighted by atomic mass is 9.85. The molecule has 0 radical (unpaired) electrons. The standard InChI is InChI=1S/C29H30N6O4/c1-16(37)25-26(19-11-20-8-9-21(12-19)34(20)29(39)24(38)15-36)33-28-22(14-32-35(28)27(25)30)18-7-10-23(31-13-18)17-5-3-2-4-6-17/h2-7,10,13-14,19-21,24,36,38H,8-9,11-12,15,30H2,1H3/t19?,20-,21?,24+/m0/s1. The smallest absolute Gasteiger partial charge is 0.254 e. The van der Waals surface area contributed by atoms with E-state index in [1.54, 1.807) is 17.3 Å². The predicted molar refractivity (Wildman–Crippen MR) is 145 cm³/mol. The number of benzene rings is 1. The number of hydrogen-bond acceptors (Lipinski definition) is 8. The molecule has 2 saturated heterocycles. The Labute approximate surface area is 225 Å². The van der Waals surface area contributed by atoms with Gasteiger partial charge in [-0.25, -0.2) is 4.98 Å². The molecule has 2 bridgehead atoms. The molecular formula is C29H30N6O4. The average molecular weight is 527 g/mol. The van der Waals surface area contributed by atoms with E-state index < -0.39 is 18.6 Å². The molecule has 4 atom stereocenters. The first-order valence-corrected chi connectivity index (χ1v) is 13.2. The van der Waals surface area contributed by atoms with Gasteiger partial charge in [0.1, 0.15) is 5.82 Å². The first-order valence-electron chi connectivity index (χ1n) is 13.2. The third-order valence-corrected chi connectivity index (χ3v) is 8.04. The number of aromatic nitrogens is 4. The van der Waals surface area contributed by atoms with Crippen LogP contribution in [-0.2, 0) is 4.79 Å². The predicted octanol–water partition coefficient (Wildman–Crippen LogP) is 2.83.